The minimum atomic E-state index is -0.745. The maximum absolute atomic E-state index is 9.45. The highest BCUT2D eigenvalue weighted by molar-refractivity contribution is 5.66. The van der Waals surface area contributed by atoms with Gasteiger partial charge in [-0.3, -0.25) is 4.79 Å². The lowest BCUT2D eigenvalue weighted by atomic mass is 9.86. The number of phenolic OH excluding ortho intramolecular Hbond substituents is 1. The van der Waals surface area contributed by atoms with E-state index in [1.807, 2.05) is 18.2 Å². The third-order valence-corrected chi connectivity index (χ3v) is 2.01. The fourth-order valence-electron chi connectivity index (χ4n) is 1.11. The van der Waals surface area contributed by atoms with Crippen LogP contribution in [0.3, 0.4) is 0 Å². The Hall–Kier alpha value is -1.51. The van der Waals surface area contributed by atoms with E-state index in [1.54, 1.807) is 13.0 Å². The summed E-state index contributed by atoms with van der Waals surface area (Å²) < 4.78 is 0. The van der Waals surface area contributed by atoms with E-state index in [0.717, 1.165) is 5.56 Å². The molecule has 0 spiro atoms. The van der Waals surface area contributed by atoms with Gasteiger partial charge in [0.25, 0.3) is 0 Å². The summed E-state index contributed by atoms with van der Waals surface area (Å²) in [5.41, 5.74) is 1.03. The van der Waals surface area contributed by atoms with Gasteiger partial charge < -0.3 is 10.2 Å². The fraction of sp³-hybridized carbons (Fsp3) is 0.462. The van der Waals surface area contributed by atoms with Crippen LogP contribution in [0.1, 0.15) is 39.7 Å². The van der Waals surface area contributed by atoms with E-state index in [1.165, 1.54) is 0 Å². The van der Waals surface area contributed by atoms with Crippen LogP contribution in [0.2, 0.25) is 0 Å². The van der Waals surface area contributed by atoms with Gasteiger partial charge in [0, 0.05) is 6.42 Å². The van der Waals surface area contributed by atoms with Crippen LogP contribution in [0.15, 0.2) is 24.3 Å². The molecule has 0 bridgehead atoms. The van der Waals surface area contributed by atoms with E-state index < -0.39 is 5.97 Å². The first-order valence-electron chi connectivity index (χ1n) is 5.29. The number of phenols is 1. The van der Waals surface area contributed by atoms with Crippen LogP contribution in [-0.4, -0.2) is 16.2 Å². The molecular weight excluding hydrogens is 204 g/mol. The number of hydrogen-bond donors (Lipinski definition) is 2. The van der Waals surface area contributed by atoms with Gasteiger partial charge in [0.15, 0.2) is 0 Å². The number of benzene rings is 1. The monoisotopic (exact) mass is 224 g/mol. The average molecular weight is 224 g/mol. The molecule has 0 saturated carbocycles. The number of carboxylic acids is 1. The number of carbonyl (C=O) groups is 1. The predicted molar refractivity (Wildman–Crippen MR) is 64.7 cm³/mol. The van der Waals surface area contributed by atoms with Crippen LogP contribution in [0.5, 0.6) is 5.75 Å². The smallest absolute Gasteiger partial charge is 0.303 e. The van der Waals surface area contributed by atoms with Crippen LogP contribution in [-0.2, 0) is 10.2 Å². The topological polar surface area (TPSA) is 57.5 Å². The van der Waals surface area contributed by atoms with Crippen molar-refractivity contribution >= 4 is 5.97 Å². The Kier molecular flexibility index (Phi) is 5.57. The van der Waals surface area contributed by atoms with E-state index in [9.17, 15) is 9.90 Å². The second-order valence-corrected chi connectivity index (χ2v) is 4.51. The SMILES string of the molecule is CC(C)(C)c1ccccc1O.CCC(=O)O. The number of rotatable bonds is 1. The summed E-state index contributed by atoms with van der Waals surface area (Å²) in [6.07, 6.45) is 0.222. The summed E-state index contributed by atoms with van der Waals surface area (Å²) in [6.45, 7) is 7.86. The molecule has 90 valence electrons. The summed E-state index contributed by atoms with van der Waals surface area (Å²) in [5, 5.41) is 17.2. The Balaban J connectivity index is 0.000000385. The third kappa shape index (κ3) is 5.39. The molecule has 0 atom stereocenters. The lowest BCUT2D eigenvalue weighted by Gasteiger charge is -2.19. The number of aliphatic carboxylic acids is 1. The van der Waals surface area contributed by atoms with Gasteiger partial charge in [-0.15, -0.1) is 0 Å². The molecule has 0 aliphatic carbocycles. The van der Waals surface area contributed by atoms with Crippen molar-refractivity contribution in [3.63, 3.8) is 0 Å². The van der Waals surface area contributed by atoms with E-state index in [2.05, 4.69) is 20.8 Å². The molecule has 16 heavy (non-hydrogen) atoms. The van der Waals surface area contributed by atoms with Gasteiger partial charge in [-0.1, -0.05) is 45.9 Å². The minimum absolute atomic E-state index is 0.0331. The molecule has 0 fully saturated rings. The number of carboxylic acid groups (broad SMARTS) is 1. The van der Waals surface area contributed by atoms with E-state index in [0.29, 0.717) is 5.75 Å². The molecule has 3 nitrogen and oxygen atoms in total. The third-order valence-electron chi connectivity index (χ3n) is 2.01. The zero-order chi connectivity index (χ0) is 12.8. The number of hydrogen-bond acceptors (Lipinski definition) is 2. The molecule has 0 amide bonds. The quantitative estimate of drug-likeness (QED) is 0.770. The highest BCUT2D eigenvalue weighted by atomic mass is 16.4. The summed E-state index contributed by atoms with van der Waals surface area (Å²) in [4.78, 5) is 9.37. The predicted octanol–water partition coefficient (Wildman–Crippen LogP) is 3.17. The summed E-state index contributed by atoms with van der Waals surface area (Å²) >= 11 is 0. The van der Waals surface area contributed by atoms with Crippen LogP contribution < -0.4 is 0 Å². The van der Waals surface area contributed by atoms with Gasteiger partial charge in [0.05, 0.1) is 0 Å². The molecule has 0 radical (unpaired) electrons. The van der Waals surface area contributed by atoms with E-state index in [4.69, 9.17) is 5.11 Å². The molecular formula is C13H20O3. The first-order chi connectivity index (χ1) is 7.29. The van der Waals surface area contributed by atoms with Crippen molar-refractivity contribution in [2.75, 3.05) is 0 Å². The van der Waals surface area contributed by atoms with Crippen molar-refractivity contribution in [3.05, 3.63) is 29.8 Å². The Labute approximate surface area is 96.7 Å². The van der Waals surface area contributed by atoms with Crippen LogP contribution in [0, 0.1) is 0 Å². The molecule has 2 N–H and O–H groups in total. The van der Waals surface area contributed by atoms with Gasteiger partial charge in [-0.25, -0.2) is 0 Å². The molecule has 1 aromatic carbocycles. The van der Waals surface area contributed by atoms with Crippen molar-refractivity contribution in [2.45, 2.75) is 39.5 Å². The van der Waals surface area contributed by atoms with Crippen molar-refractivity contribution in [1.29, 1.82) is 0 Å². The molecule has 0 saturated heterocycles. The van der Waals surface area contributed by atoms with Crippen LogP contribution in [0.25, 0.3) is 0 Å². The van der Waals surface area contributed by atoms with Gasteiger partial charge in [-0.05, 0) is 17.0 Å². The molecule has 0 aliphatic rings. The second kappa shape index (κ2) is 6.16. The Morgan fingerprint density at radius 1 is 1.25 bits per heavy atom. The zero-order valence-corrected chi connectivity index (χ0v) is 10.3. The highest BCUT2D eigenvalue weighted by Gasteiger charge is 2.16. The van der Waals surface area contributed by atoms with E-state index >= 15 is 0 Å². The Bertz CT molecular complexity index is 337. The van der Waals surface area contributed by atoms with Crippen molar-refractivity contribution in [2.24, 2.45) is 0 Å². The average Bonchev–Trinajstić information content (AvgIpc) is 2.17. The molecule has 1 rings (SSSR count). The van der Waals surface area contributed by atoms with Crippen molar-refractivity contribution in [3.8, 4) is 5.75 Å². The maximum Gasteiger partial charge on any atom is 0.303 e. The number of aromatic hydroxyl groups is 1. The lowest BCUT2D eigenvalue weighted by Crippen LogP contribution is -2.10. The molecule has 0 unspecified atom stereocenters. The van der Waals surface area contributed by atoms with Crippen LogP contribution >= 0.6 is 0 Å². The fourth-order valence-corrected chi connectivity index (χ4v) is 1.11. The largest absolute Gasteiger partial charge is 0.508 e. The van der Waals surface area contributed by atoms with Gasteiger partial charge in [0.1, 0.15) is 5.75 Å². The zero-order valence-electron chi connectivity index (χ0n) is 10.3. The summed E-state index contributed by atoms with van der Waals surface area (Å²) in [7, 11) is 0. The Morgan fingerprint density at radius 3 is 1.94 bits per heavy atom. The second-order valence-electron chi connectivity index (χ2n) is 4.51. The lowest BCUT2D eigenvalue weighted by molar-refractivity contribution is -0.136. The van der Waals surface area contributed by atoms with Crippen LogP contribution in [0.4, 0.5) is 0 Å². The Morgan fingerprint density at radius 2 is 1.69 bits per heavy atom. The standard InChI is InChI=1S/C10H14O.C3H6O2/c1-10(2,3)8-6-4-5-7-9(8)11;1-2-3(4)5/h4-7,11H,1-3H3;2H2,1H3,(H,4,5). The molecule has 0 heterocycles. The molecule has 3 heteroatoms. The van der Waals surface area contributed by atoms with Gasteiger partial charge in [0.2, 0.25) is 0 Å². The normalized spacial score (nSPS) is 10.2. The first kappa shape index (κ1) is 14.5. The highest BCUT2D eigenvalue weighted by Crippen LogP contribution is 2.29. The summed E-state index contributed by atoms with van der Waals surface area (Å²) in [5.74, 6) is -0.356. The molecule has 1 aromatic rings. The van der Waals surface area contributed by atoms with Gasteiger partial charge >= 0.3 is 5.97 Å². The van der Waals surface area contributed by atoms with E-state index in [-0.39, 0.29) is 11.8 Å². The first-order valence-corrected chi connectivity index (χ1v) is 5.29. The van der Waals surface area contributed by atoms with Gasteiger partial charge in [-0.2, -0.15) is 0 Å². The van der Waals surface area contributed by atoms with Crippen molar-refractivity contribution < 1.29 is 15.0 Å². The maximum atomic E-state index is 9.45. The van der Waals surface area contributed by atoms with Crippen molar-refractivity contribution in [1.82, 2.24) is 0 Å². The number of para-hydroxylation sites is 1. The molecule has 0 aromatic heterocycles. The minimum Gasteiger partial charge on any atom is -0.508 e. The summed E-state index contributed by atoms with van der Waals surface area (Å²) in [6, 6.07) is 7.46. The molecule has 0 aliphatic heterocycles.